The first-order valence-electron chi connectivity index (χ1n) is 7.56. The Bertz CT molecular complexity index is 813. The lowest BCUT2D eigenvalue weighted by molar-refractivity contribution is -0.141. The van der Waals surface area contributed by atoms with E-state index in [0.29, 0.717) is 12.6 Å². The highest BCUT2D eigenvalue weighted by Crippen LogP contribution is 2.27. The molecule has 0 amide bonds. The molecule has 0 aliphatic rings. The highest BCUT2D eigenvalue weighted by atomic mass is 19.4. The average Bonchev–Trinajstić information content (AvgIpc) is 3.16. The van der Waals surface area contributed by atoms with E-state index in [0.717, 1.165) is 22.9 Å². The van der Waals surface area contributed by atoms with Crippen molar-refractivity contribution in [1.29, 1.82) is 0 Å². The van der Waals surface area contributed by atoms with Gasteiger partial charge in [0.05, 0.1) is 24.8 Å². The van der Waals surface area contributed by atoms with Crippen molar-refractivity contribution in [3.8, 4) is 11.3 Å². The Morgan fingerprint density at radius 3 is 2.38 bits per heavy atom. The topological polar surface area (TPSA) is 35.6 Å². The van der Waals surface area contributed by atoms with E-state index in [1.807, 2.05) is 24.3 Å². The third-order valence-corrected chi connectivity index (χ3v) is 3.75. The summed E-state index contributed by atoms with van der Waals surface area (Å²) in [6, 6.07) is 8.95. The monoisotopic (exact) mass is 334 g/mol. The van der Waals surface area contributed by atoms with Crippen LogP contribution in [0.2, 0.25) is 0 Å². The van der Waals surface area contributed by atoms with Gasteiger partial charge >= 0.3 is 6.18 Å². The van der Waals surface area contributed by atoms with E-state index in [1.54, 1.807) is 12.5 Å². The van der Waals surface area contributed by atoms with Gasteiger partial charge in [-0.05, 0) is 31.0 Å². The summed E-state index contributed by atoms with van der Waals surface area (Å²) in [5.74, 6) is 0. The molecule has 4 nitrogen and oxygen atoms in total. The van der Waals surface area contributed by atoms with Crippen molar-refractivity contribution in [1.82, 2.24) is 19.3 Å². The minimum Gasteiger partial charge on any atom is -0.328 e. The molecule has 0 spiro atoms. The third kappa shape index (κ3) is 3.34. The number of nitrogens with zero attached hydrogens (tertiary/aromatic N) is 4. The fraction of sp³-hybridized carbons (Fsp3) is 0.294. The molecule has 2 heterocycles. The molecule has 0 saturated heterocycles. The van der Waals surface area contributed by atoms with Crippen LogP contribution in [0.1, 0.15) is 31.1 Å². The highest BCUT2D eigenvalue weighted by Gasteiger charge is 2.33. The minimum atomic E-state index is -4.41. The van der Waals surface area contributed by atoms with Crippen LogP contribution in [-0.2, 0) is 12.7 Å². The molecular weight excluding hydrogens is 317 g/mol. The van der Waals surface area contributed by atoms with Crippen LogP contribution < -0.4 is 0 Å². The van der Waals surface area contributed by atoms with E-state index in [-0.39, 0.29) is 0 Å². The van der Waals surface area contributed by atoms with Crippen LogP contribution in [0.3, 0.4) is 0 Å². The first-order valence-corrected chi connectivity index (χ1v) is 7.56. The van der Waals surface area contributed by atoms with Gasteiger partial charge in [0.15, 0.2) is 5.69 Å². The Hall–Kier alpha value is -2.57. The molecule has 0 saturated carbocycles. The van der Waals surface area contributed by atoms with E-state index in [9.17, 15) is 13.2 Å². The van der Waals surface area contributed by atoms with Crippen molar-refractivity contribution in [2.75, 3.05) is 0 Å². The Balaban J connectivity index is 1.77. The molecule has 7 heteroatoms. The Morgan fingerprint density at radius 2 is 1.79 bits per heavy atom. The van der Waals surface area contributed by atoms with Crippen LogP contribution >= 0.6 is 0 Å². The summed E-state index contributed by atoms with van der Waals surface area (Å²) in [6.45, 7) is 4.45. The van der Waals surface area contributed by atoms with Crippen molar-refractivity contribution in [2.24, 2.45) is 0 Å². The average molecular weight is 334 g/mol. The van der Waals surface area contributed by atoms with Gasteiger partial charge in [-0.2, -0.15) is 18.3 Å². The number of rotatable bonds is 4. The molecule has 2 aromatic heterocycles. The molecule has 0 radical (unpaired) electrons. The molecule has 3 aromatic rings. The van der Waals surface area contributed by atoms with Gasteiger partial charge in [-0.1, -0.05) is 24.3 Å². The number of halogens is 3. The van der Waals surface area contributed by atoms with Crippen LogP contribution in [-0.4, -0.2) is 19.3 Å². The number of alkyl halides is 3. The van der Waals surface area contributed by atoms with Gasteiger partial charge in [0, 0.05) is 12.2 Å². The second-order valence-electron chi connectivity index (χ2n) is 5.87. The van der Waals surface area contributed by atoms with Gasteiger partial charge in [0.2, 0.25) is 0 Å². The summed E-state index contributed by atoms with van der Waals surface area (Å²) >= 11 is 0. The lowest BCUT2D eigenvalue weighted by Gasteiger charge is -2.12. The predicted octanol–water partition coefficient (Wildman–Crippen LogP) is 4.39. The van der Waals surface area contributed by atoms with Crippen molar-refractivity contribution in [3.63, 3.8) is 0 Å². The van der Waals surface area contributed by atoms with Gasteiger partial charge in [0.1, 0.15) is 0 Å². The molecule has 24 heavy (non-hydrogen) atoms. The zero-order valence-electron chi connectivity index (χ0n) is 13.3. The molecule has 0 unspecified atom stereocenters. The molecule has 0 aliphatic carbocycles. The summed E-state index contributed by atoms with van der Waals surface area (Å²) in [5, 5.41) is 3.56. The van der Waals surface area contributed by atoms with E-state index in [1.165, 1.54) is 10.9 Å². The Morgan fingerprint density at radius 1 is 1.08 bits per heavy atom. The largest absolute Gasteiger partial charge is 0.435 e. The fourth-order valence-corrected chi connectivity index (χ4v) is 2.51. The molecule has 0 fully saturated rings. The fourth-order valence-electron chi connectivity index (χ4n) is 2.51. The lowest BCUT2D eigenvalue weighted by atomic mass is 10.1. The normalized spacial score (nSPS) is 12.1. The van der Waals surface area contributed by atoms with Gasteiger partial charge < -0.3 is 4.57 Å². The second kappa shape index (κ2) is 6.14. The maximum Gasteiger partial charge on any atom is 0.435 e. The van der Waals surface area contributed by atoms with Gasteiger partial charge in [0.25, 0.3) is 0 Å². The summed E-state index contributed by atoms with van der Waals surface area (Å²) in [7, 11) is 0. The summed E-state index contributed by atoms with van der Waals surface area (Å²) in [6.07, 6.45) is 0.517. The smallest absolute Gasteiger partial charge is 0.328 e. The number of imidazole rings is 1. The molecule has 0 aliphatic heterocycles. The van der Waals surface area contributed by atoms with Gasteiger partial charge in [-0.15, -0.1) is 0 Å². The first-order chi connectivity index (χ1) is 11.3. The van der Waals surface area contributed by atoms with E-state index >= 15 is 0 Å². The number of hydrogen-bond acceptors (Lipinski definition) is 2. The molecule has 0 N–H and O–H groups in total. The summed E-state index contributed by atoms with van der Waals surface area (Å²) in [5.41, 5.74) is 2.03. The van der Waals surface area contributed by atoms with Crippen molar-refractivity contribution >= 4 is 0 Å². The summed E-state index contributed by atoms with van der Waals surface area (Å²) < 4.78 is 41.1. The standard InChI is InChI=1S/C17H17F3N4/c1-12(2)24-11-21-9-15(24)14-5-3-13(4-6-14)10-23-8-7-16(22-23)17(18,19)20/h3-9,11-12H,10H2,1-2H3. The van der Waals surface area contributed by atoms with Crippen LogP contribution in [0.4, 0.5) is 13.2 Å². The zero-order valence-corrected chi connectivity index (χ0v) is 13.3. The Labute approximate surface area is 137 Å². The lowest BCUT2D eigenvalue weighted by Crippen LogP contribution is -2.08. The molecule has 0 atom stereocenters. The number of benzene rings is 1. The quantitative estimate of drug-likeness (QED) is 0.709. The second-order valence-corrected chi connectivity index (χ2v) is 5.87. The van der Waals surface area contributed by atoms with Gasteiger partial charge in [-0.25, -0.2) is 4.98 Å². The predicted molar refractivity (Wildman–Crippen MR) is 84.4 cm³/mol. The summed E-state index contributed by atoms with van der Waals surface area (Å²) in [4.78, 5) is 4.18. The van der Waals surface area contributed by atoms with Crippen LogP contribution in [0.25, 0.3) is 11.3 Å². The maximum atomic E-state index is 12.6. The van der Waals surface area contributed by atoms with Crippen LogP contribution in [0.15, 0.2) is 49.1 Å². The SMILES string of the molecule is CC(C)n1cncc1-c1ccc(Cn2ccc(C(F)(F)F)n2)cc1. The van der Waals surface area contributed by atoms with Crippen molar-refractivity contribution in [2.45, 2.75) is 32.6 Å². The highest BCUT2D eigenvalue weighted by molar-refractivity contribution is 5.59. The van der Waals surface area contributed by atoms with E-state index in [4.69, 9.17) is 0 Å². The van der Waals surface area contributed by atoms with Crippen LogP contribution in [0.5, 0.6) is 0 Å². The molecule has 1 aromatic carbocycles. The van der Waals surface area contributed by atoms with Crippen molar-refractivity contribution in [3.05, 3.63) is 60.3 Å². The molecule has 126 valence electrons. The first kappa shape index (κ1) is 16.3. The van der Waals surface area contributed by atoms with E-state index in [2.05, 4.69) is 28.5 Å². The molecule has 3 rings (SSSR count). The maximum absolute atomic E-state index is 12.6. The Kier molecular flexibility index (Phi) is 4.17. The van der Waals surface area contributed by atoms with Crippen LogP contribution in [0, 0.1) is 0 Å². The number of hydrogen-bond donors (Lipinski definition) is 0. The minimum absolute atomic E-state index is 0.291. The van der Waals surface area contributed by atoms with Gasteiger partial charge in [-0.3, -0.25) is 4.68 Å². The zero-order chi connectivity index (χ0) is 17.3. The van der Waals surface area contributed by atoms with Crippen molar-refractivity contribution < 1.29 is 13.2 Å². The third-order valence-electron chi connectivity index (χ3n) is 3.75. The number of aromatic nitrogens is 4. The van der Waals surface area contributed by atoms with E-state index < -0.39 is 11.9 Å². The molecular formula is C17H17F3N4. The molecule has 0 bridgehead atoms.